The van der Waals surface area contributed by atoms with Gasteiger partial charge in [-0.05, 0) is 6.26 Å². The molecule has 0 amide bonds. The van der Waals surface area contributed by atoms with Crippen LogP contribution in [0, 0.1) is 0 Å². The smallest absolute Gasteiger partial charge is 0.191 e. The Morgan fingerprint density at radius 2 is 2.23 bits per heavy atom. The van der Waals surface area contributed by atoms with E-state index in [-0.39, 0.29) is 6.61 Å². The van der Waals surface area contributed by atoms with Gasteiger partial charge >= 0.3 is 0 Å². The standard InChI is InChI=1S/C13H19N5O3S/c1-17(2)11-10-12(16-13(15-11)22-3)18(6-14-10)9-4-7(20)8(5-19)21-9/h6-9,19-20H,4-5H2,1-3H3/t7-,8+,9+/m0/s1. The first-order valence-corrected chi connectivity index (χ1v) is 8.18. The highest BCUT2D eigenvalue weighted by atomic mass is 32.2. The number of aromatic nitrogens is 4. The first kappa shape index (κ1) is 15.5. The normalized spacial score (nSPS) is 25.0. The molecule has 120 valence electrons. The van der Waals surface area contributed by atoms with Crippen molar-refractivity contribution in [2.45, 2.75) is 30.0 Å². The second-order valence-electron chi connectivity index (χ2n) is 5.37. The van der Waals surface area contributed by atoms with E-state index in [1.165, 1.54) is 11.8 Å². The number of nitrogens with zero attached hydrogens (tertiary/aromatic N) is 5. The summed E-state index contributed by atoms with van der Waals surface area (Å²) in [5.74, 6) is 0.741. The Balaban J connectivity index is 2.06. The van der Waals surface area contributed by atoms with Gasteiger partial charge in [-0.2, -0.15) is 0 Å². The molecule has 3 rings (SSSR count). The van der Waals surface area contributed by atoms with Crippen molar-refractivity contribution in [2.75, 3.05) is 31.9 Å². The third-order valence-electron chi connectivity index (χ3n) is 3.68. The molecule has 0 radical (unpaired) electrons. The van der Waals surface area contributed by atoms with E-state index in [1.807, 2.05) is 25.3 Å². The maximum Gasteiger partial charge on any atom is 0.191 e. The molecule has 0 bridgehead atoms. The number of aliphatic hydroxyl groups excluding tert-OH is 2. The molecule has 8 nitrogen and oxygen atoms in total. The van der Waals surface area contributed by atoms with E-state index in [0.29, 0.717) is 22.7 Å². The maximum absolute atomic E-state index is 9.91. The monoisotopic (exact) mass is 325 g/mol. The average Bonchev–Trinajstić information content (AvgIpc) is 3.08. The van der Waals surface area contributed by atoms with E-state index in [0.717, 1.165) is 5.82 Å². The average molecular weight is 325 g/mol. The van der Waals surface area contributed by atoms with Crippen LogP contribution < -0.4 is 4.90 Å². The van der Waals surface area contributed by atoms with Gasteiger partial charge in [-0.1, -0.05) is 11.8 Å². The van der Waals surface area contributed by atoms with Gasteiger partial charge in [-0.3, -0.25) is 4.57 Å². The predicted octanol–water partition coefficient (Wildman–Crippen LogP) is 0.255. The van der Waals surface area contributed by atoms with Crippen LogP contribution in [0.15, 0.2) is 11.5 Å². The van der Waals surface area contributed by atoms with Gasteiger partial charge in [0.05, 0.1) is 19.0 Å². The molecule has 0 aliphatic carbocycles. The maximum atomic E-state index is 9.91. The Morgan fingerprint density at radius 1 is 1.45 bits per heavy atom. The van der Waals surface area contributed by atoms with Gasteiger partial charge in [0.2, 0.25) is 0 Å². The van der Waals surface area contributed by atoms with Gasteiger partial charge in [0, 0.05) is 20.5 Å². The highest BCUT2D eigenvalue weighted by Gasteiger charge is 2.35. The summed E-state index contributed by atoms with van der Waals surface area (Å²) in [4.78, 5) is 15.3. The summed E-state index contributed by atoms with van der Waals surface area (Å²) in [6.45, 7) is -0.210. The molecule has 1 saturated heterocycles. The fraction of sp³-hybridized carbons (Fsp3) is 0.615. The minimum atomic E-state index is -0.692. The number of rotatable bonds is 4. The summed E-state index contributed by atoms with van der Waals surface area (Å²) in [7, 11) is 3.81. The van der Waals surface area contributed by atoms with Crippen molar-refractivity contribution in [3.05, 3.63) is 6.33 Å². The zero-order chi connectivity index (χ0) is 15.9. The van der Waals surface area contributed by atoms with Crippen LogP contribution in [0.25, 0.3) is 11.2 Å². The van der Waals surface area contributed by atoms with E-state index in [9.17, 15) is 10.2 Å². The topological polar surface area (TPSA) is 96.5 Å². The van der Waals surface area contributed by atoms with Crippen molar-refractivity contribution >= 4 is 28.7 Å². The van der Waals surface area contributed by atoms with Crippen molar-refractivity contribution in [1.82, 2.24) is 19.5 Å². The number of hydrogen-bond acceptors (Lipinski definition) is 8. The molecule has 0 saturated carbocycles. The molecule has 1 aliphatic heterocycles. The second kappa shape index (κ2) is 5.99. The molecule has 0 spiro atoms. The van der Waals surface area contributed by atoms with Crippen LogP contribution in [0.3, 0.4) is 0 Å². The Morgan fingerprint density at radius 3 is 2.82 bits per heavy atom. The van der Waals surface area contributed by atoms with Crippen LogP contribution in [-0.4, -0.2) is 68.9 Å². The van der Waals surface area contributed by atoms with Crippen molar-refractivity contribution < 1.29 is 14.9 Å². The Labute approximate surface area is 132 Å². The molecule has 9 heteroatoms. The van der Waals surface area contributed by atoms with Gasteiger partial charge in [0.15, 0.2) is 22.1 Å². The minimum Gasteiger partial charge on any atom is -0.394 e. The van der Waals surface area contributed by atoms with Crippen LogP contribution in [0.1, 0.15) is 12.6 Å². The summed E-state index contributed by atoms with van der Waals surface area (Å²) in [6.07, 6.45) is 2.30. The first-order valence-electron chi connectivity index (χ1n) is 6.95. The zero-order valence-electron chi connectivity index (χ0n) is 12.7. The number of fused-ring (bicyclic) bond motifs is 1. The number of anilines is 1. The van der Waals surface area contributed by atoms with Crippen molar-refractivity contribution in [3.8, 4) is 0 Å². The number of aliphatic hydroxyl groups is 2. The molecule has 2 N–H and O–H groups in total. The SMILES string of the molecule is CSc1nc(N(C)C)c2ncn([C@H]3C[C@H](O)[C@@H](CO)O3)c2n1. The highest BCUT2D eigenvalue weighted by molar-refractivity contribution is 7.98. The van der Waals surface area contributed by atoms with Gasteiger partial charge in [0.1, 0.15) is 12.3 Å². The molecule has 1 aliphatic rings. The van der Waals surface area contributed by atoms with Crippen molar-refractivity contribution in [3.63, 3.8) is 0 Å². The lowest BCUT2D eigenvalue weighted by atomic mass is 10.2. The lowest BCUT2D eigenvalue weighted by Gasteiger charge is -2.15. The molecule has 3 heterocycles. The van der Waals surface area contributed by atoms with Crippen LogP contribution in [0.2, 0.25) is 0 Å². The van der Waals surface area contributed by atoms with E-state index < -0.39 is 18.4 Å². The van der Waals surface area contributed by atoms with Crippen LogP contribution in [0.4, 0.5) is 5.82 Å². The molecular formula is C13H19N5O3S. The Bertz CT molecular complexity index is 677. The highest BCUT2D eigenvalue weighted by Crippen LogP contribution is 2.32. The lowest BCUT2D eigenvalue weighted by Crippen LogP contribution is -2.24. The molecule has 0 aromatic carbocycles. The van der Waals surface area contributed by atoms with Crippen LogP contribution in [-0.2, 0) is 4.74 Å². The molecule has 1 fully saturated rings. The molecule has 22 heavy (non-hydrogen) atoms. The predicted molar refractivity (Wildman–Crippen MR) is 83.1 cm³/mol. The van der Waals surface area contributed by atoms with Crippen molar-refractivity contribution in [1.29, 1.82) is 0 Å². The fourth-order valence-corrected chi connectivity index (χ4v) is 2.90. The quantitative estimate of drug-likeness (QED) is 0.610. The molecule has 2 aromatic rings. The van der Waals surface area contributed by atoms with Gasteiger partial charge < -0.3 is 19.8 Å². The summed E-state index contributed by atoms with van der Waals surface area (Å²) < 4.78 is 7.49. The van der Waals surface area contributed by atoms with Crippen LogP contribution >= 0.6 is 11.8 Å². The number of hydrogen-bond donors (Lipinski definition) is 2. The second-order valence-corrected chi connectivity index (χ2v) is 6.14. The molecule has 0 unspecified atom stereocenters. The van der Waals surface area contributed by atoms with Gasteiger partial charge in [-0.15, -0.1) is 0 Å². The Kier molecular flexibility index (Phi) is 4.22. The number of ether oxygens (including phenoxy) is 1. The number of imidazole rings is 1. The van der Waals surface area contributed by atoms with Crippen LogP contribution in [0.5, 0.6) is 0 Å². The Hall–Kier alpha value is -1.42. The zero-order valence-corrected chi connectivity index (χ0v) is 13.5. The van der Waals surface area contributed by atoms with E-state index >= 15 is 0 Å². The summed E-state index contributed by atoms with van der Waals surface area (Å²) in [5, 5.41) is 19.8. The molecular weight excluding hydrogens is 306 g/mol. The van der Waals surface area contributed by atoms with E-state index in [2.05, 4.69) is 15.0 Å². The van der Waals surface area contributed by atoms with Gasteiger partial charge in [0.25, 0.3) is 0 Å². The molecule has 3 atom stereocenters. The van der Waals surface area contributed by atoms with Gasteiger partial charge in [-0.25, -0.2) is 15.0 Å². The van der Waals surface area contributed by atoms with E-state index in [4.69, 9.17) is 4.74 Å². The fourth-order valence-electron chi connectivity index (χ4n) is 2.55. The van der Waals surface area contributed by atoms with Crippen molar-refractivity contribution in [2.24, 2.45) is 0 Å². The summed E-state index contributed by atoms with van der Waals surface area (Å²) in [5.41, 5.74) is 1.35. The molecule has 2 aromatic heterocycles. The minimum absolute atomic E-state index is 0.210. The summed E-state index contributed by atoms with van der Waals surface area (Å²) >= 11 is 1.46. The largest absolute Gasteiger partial charge is 0.394 e. The third-order valence-corrected chi connectivity index (χ3v) is 4.23. The first-order chi connectivity index (χ1) is 10.5. The summed E-state index contributed by atoms with van der Waals surface area (Å²) in [6, 6.07) is 0. The lowest BCUT2D eigenvalue weighted by molar-refractivity contribution is -0.0432. The number of thioether (sulfide) groups is 1. The van der Waals surface area contributed by atoms with E-state index in [1.54, 1.807) is 10.9 Å². The third kappa shape index (κ3) is 2.54.